The molecule has 4 rings (SSSR count). The van der Waals surface area contributed by atoms with Gasteiger partial charge in [-0.1, -0.05) is 25.9 Å². The Morgan fingerprint density at radius 1 is 1.28 bits per heavy atom. The smallest absolute Gasteiger partial charge is 0.216 e. The molecule has 0 amide bonds. The predicted molar refractivity (Wildman–Crippen MR) is 124 cm³/mol. The molecule has 1 aliphatic heterocycles. The quantitative estimate of drug-likeness (QED) is 0.250. The van der Waals surface area contributed by atoms with Crippen LogP contribution in [0.3, 0.4) is 0 Å². The summed E-state index contributed by atoms with van der Waals surface area (Å²) in [5, 5.41) is 11.8. The number of aromatic nitrogens is 2. The van der Waals surface area contributed by atoms with Gasteiger partial charge in [0.15, 0.2) is 5.84 Å². The molecule has 0 saturated carbocycles. The Labute approximate surface area is 191 Å². The van der Waals surface area contributed by atoms with Crippen molar-refractivity contribution in [2.75, 3.05) is 13.2 Å². The molecule has 3 aromatic rings. The molecule has 1 aliphatic rings. The lowest BCUT2D eigenvalue weighted by Crippen LogP contribution is -2.25. The van der Waals surface area contributed by atoms with Crippen molar-refractivity contribution in [2.45, 2.75) is 54.7 Å². The third-order valence-corrected chi connectivity index (χ3v) is 9.04. The van der Waals surface area contributed by atoms with Gasteiger partial charge in [0, 0.05) is 25.2 Å². The minimum Gasteiger partial charge on any atom is -0.409 e. The van der Waals surface area contributed by atoms with Crippen LogP contribution in [0.2, 0.25) is 0 Å². The third-order valence-electron chi connectivity index (χ3n) is 5.69. The summed E-state index contributed by atoms with van der Waals surface area (Å²) in [6.07, 6.45) is 2.02. The van der Waals surface area contributed by atoms with E-state index in [0.29, 0.717) is 16.3 Å². The van der Waals surface area contributed by atoms with Gasteiger partial charge in [-0.05, 0) is 49.1 Å². The van der Waals surface area contributed by atoms with Crippen LogP contribution in [-0.2, 0) is 26.5 Å². The first-order valence-corrected chi connectivity index (χ1v) is 12.8. The largest absolute Gasteiger partial charge is 0.409 e. The molecule has 2 aromatic heterocycles. The van der Waals surface area contributed by atoms with Crippen molar-refractivity contribution in [3.05, 3.63) is 41.0 Å². The number of hydrogen-bond acceptors (Lipinski definition) is 7. The topological polar surface area (TPSA) is 120 Å². The van der Waals surface area contributed by atoms with E-state index in [1.54, 1.807) is 12.1 Å². The van der Waals surface area contributed by atoms with Crippen molar-refractivity contribution in [1.82, 2.24) is 9.55 Å². The molecule has 172 valence electrons. The van der Waals surface area contributed by atoms with Crippen molar-refractivity contribution in [3.63, 3.8) is 0 Å². The molecule has 1 saturated heterocycles. The molecule has 0 atom stereocenters. The van der Waals surface area contributed by atoms with E-state index in [1.807, 2.05) is 6.07 Å². The third kappa shape index (κ3) is 4.26. The number of imidazole rings is 1. The summed E-state index contributed by atoms with van der Waals surface area (Å²) in [4.78, 5) is 5.43. The normalized spacial score (nSPS) is 16.7. The highest BCUT2D eigenvalue weighted by Crippen LogP contribution is 2.33. The number of hydrogen-bond donors (Lipinski definition) is 2. The van der Waals surface area contributed by atoms with E-state index in [0.717, 1.165) is 55.3 Å². The number of fused-ring (bicyclic) bond motifs is 1. The summed E-state index contributed by atoms with van der Waals surface area (Å²) >= 11 is 0.967. The van der Waals surface area contributed by atoms with Gasteiger partial charge in [0.05, 0.1) is 20.8 Å². The average Bonchev–Trinajstić information content (AvgIpc) is 3.39. The molecule has 10 heteroatoms. The van der Waals surface area contributed by atoms with Crippen LogP contribution in [0.4, 0.5) is 0 Å². The molecule has 32 heavy (non-hydrogen) atoms. The Bertz CT molecular complexity index is 1260. The summed E-state index contributed by atoms with van der Waals surface area (Å²) in [5.41, 5.74) is 7.01. The fourth-order valence-electron chi connectivity index (χ4n) is 3.99. The predicted octanol–water partition coefficient (Wildman–Crippen LogP) is 3.75. The SMILES string of the molecule is CC(C)(C)c1nc2cc(S(=O)(=O)c3ccc(/C(N)=N/O)s3)ccc2n1CC1CCOCC1. The van der Waals surface area contributed by atoms with Crippen LogP contribution in [0.5, 0.6) is 0 Å². The molecule has 0 bridgehead atoms. The van der Waals surface area contributed by atoms with E-state index in [1.165, 1.54) is 12.1 Å². The number of oxime groups is 1. The van der Waals surface area contributed by atoms with Crippen LogP contribution in [-0.4, -0.2) is 42.2 Å². The lowest BCUT2D eigenvalue weighted by molar-refractivity contribution is 0.0611. The van der Waals surface area contributed by atoms with E-state index in [-0.39, 0.29) is 20.4 Å². The van der Waals surface area contributed by atoms with E-state index in [2.05, 4.69) is 30.5 Å². The number of ether oxygens (including phenoxy) is 1. The van der Waals surface area contributed by atoms with Crippen molar-refractivity contribution >= 4 is 38.0 Å². The van der Waals surface area contributed by atoms with Crippen LogP contribution in [0, 0.1) is 5.92 Å². The van der Waals surface area contributed by atoms with Crippen LogP contribution in [0.1, 0.15) is 44.3 Å². The van der Waals surface area contributed by atoms with E-state index >= 15 is 0 Å². The lowest BCUT2D eigenvalue weighted by Gasteiger charge is -2.26. The summed E-state index contributed by atoms with van der Waals surface area (Å²) in [6, 6.07) is 8.13. The first kappa shape index (κ1) is 22.8. The van der Waals surface area contributed by atoms with Crippen LogP contribution in [0.25, 0.3) is 11.0 Å². The van der Waals surface area contributed by atoms with Gasteiger partial charge < -0.3 is 20.2 Å². The molecular formula is C22H28N4O4S2. The monoisotopic (exact) mass is 476 g/mol. The van der Waals surface area contributed by atoms with Crippen molar-refractivity contribution in [1.29, 1.82) is 0 Å². The number of thiophene rings is 1. The van der Waals surface area contributed by atoms with Gasteiger partial charge >= 0.3 is 0 Å². The van der Waals surface area contributed by atoms with Gasteiger partial charge in [-0.25, -0.2) is 13.4 Å². The maximum Gasteiger partial charge on any atom is 0.216 e. The number of nitrogens with two attached hydrogens (primary N) is 1. The second-order valence-electron chi connectivity index (χ2n) is 9.11. The Morgan fingerprint density at radius 3 is 2.66 bits per heavy atom. The standard InChI is InChI=1S/C22H28N4O4S2/c1-22(2,3)21-24-16-12-15(32(28,29)19-7-6-18(31-19)20(23)25-27)4-5-17(16)26(21)13-14-8-10-30-11-9-14/h4-7,12,14,27H,8-11,13H2,1-3H3,(H2,23,25). The van der Waals surface area contributed by atoms with Gasteiger partial charge in [-0.15, -0.1) is 11.3 Å². The molecule has 3 heterocycles. The second-order valence-corrected chi connectivity index (χ2v) is 12.4. The van der Waals surface area contributed by atoms with Crippen molar-refractivity contribution in [2.24, 2.45) is 16.8 Å². The Balaban J connectivity index is 1.76. The summed E-state index contributed by atoms with van der Waals surface area (Å²) < 4.78 is 34.3. The molecule has 0 radical (unpaired) electrons. The highest BCUT2D eigenvalue weighted by atomic mass is 32.2. The zero-order valence-corrected chi connectivity index (χ0v) is 20.0. The first-order valence-electron chi connectivity index (χ1n) is 10.5. The van der Waals surface area contributed by atoms with Crippen LogP contribution in [0.15, 0.2) is 44.6 Å². The molecule has 0 aliphatic carbocycles. The Hall–Kier alpha value is -2.43. The fraction of sp³-hybridized carbons (Fsp3) is 0.455. The van der Waals surface area contributed by atoms with Gasteiger partial charge in [0.2, 0.25) is 9.84 Å². The highest BCUT2D eigenvalue weighted by molar-refractivity contribution is 7.93. The molecule has 0 unspecified atom stereocenters. The molecule has 1 aromatic carbocycles. The van der Waals surface area contributed by atoms with Crippen LogP contribution < -0.4 is 5.73 Å². The average molecular weight is 477 g/mol. The minimum atomic E-state index is -3.76. The highest BCUT2D eigenvalue weighted by Gasteiger charge is 2.27. The molecule has 0 spiro atoms. The van der Waals surface area contributed by atoms with Crippen molar-refractivity contribution < 1.29 is 18.4 Å². The maximum absolute atomic E-state index is 13.2. The minimum absolute atomic E-state index is 0.117. The Morgan fingerprint density at radius 2 is 2.00 bits per heavy atom. The lowest BCUT2D eigenvalue weighted by atomic mass is 9.94. The van der Waals surface area contributed by atoms with E-state index in [4.69, 9.17) is 20.7 Å². The summed E-state index contributed by atoms with van der Waals surface area (Å²) in [7, 11) is -3.76. The Kier molecular flexibility index (Phi) is 6.04. The molecule has 3 N–H and O–H groups in total. The molecular weight excluding hydrogens is 448 g/mol. The maximum atomic E-state index is 13.2. The number of sulfone groups is 1. The zero-order valence-electron chi connectivity index (χ0n) is 18.4. The summed E-state index contributed by atoms with van der Waals surface area (Å²) in [5.74, 6) is 1.33. The first-order chi connectivity index (χ1) is 15.1. The van der Waals surface area contributed by atoms with Gasteiger partial charge in [-0.2, -0.15) is 0 Å². The zero-order chi connectivity index (χ0) is 23.1. The number of amidine groups is 1. The van der Waals surface area contributed by atoms with Gasteiger partial charge in [0.1, 0.15) is 10.0 Å². The van der Waals surface area contributed by atoms with Gasteiger partial charge in [0.25, 0.3) is 0 Å². The number of nitrogens with zero attached hydrogens (tertiary/aromatic N) is 3. The molecule has 8 nitrogen and oxygen atoms in total. The number of benzene rings is 1. The van der Waals surface area contributed by atoms with E-state index < -0.39 is 9.84 Å². The van der Waals surface area contributed by atoms with Crippen molar-refractivity contribution in [3.8, 4) is 0 Å². The second kappa shape index (κ2) is 8.49. The summed E-state index contributed by atoms with van der Waals surface area (Å²) in [6.45, 7) is 8.75. The van der Waals surface area contributed by atoms with Crippen LogP contribution >= 0.6 is 11.3 Å². The fourth-order valence-corrected chi connectivity index (χ4v) is 6.61. The van der Waals surface area contributed by atoms with E-state index in [9.17, 15) is 8.42 Å². The number of rotatable bonds is 5. The van der Waals surface area contributed by atoms with Gasteiger partial charge in [-0.3, -0.25) is 0 Å². The molecule has 1 fully saturated rings.